The molecule has 3 heterocycles. The van der Waals surface area contributed by atoms with E-state index >= 15 is 0 Å². The van der Waals surface area contributed by atoms with Gasteiger partial charge in [0, 0.05) is 55.2 Å². The molecular formula is C28H31N5O4S. The average molecular weight is 534 g/mol. The van der Waals surface area contributed by atoms with Crippen molar-refractivity contribution < 1.29 is 18.3 Å². The maximum atomic E-state index is 13.0. The standard InChI is InChI=1S/C28H31N5O4S/c1-38(36,37)23-5-3-2-4-22(23)19-8-6-18(7-9-19)21-14-32(15-21)26(34)33-16-27(17-33)12-20(13-27)24-29-25(31-30-24)28(35)10-11-28/h2-9,20-21,35H,10-17H2,1H3,(H,29,30,31). The van der Waals surface area contributed by atoms with Crippen molar-refractivity contribution in [2.24, 2.45) is 5.41 Å². The van der Waals surface area contributed by atoms with Crippen LogP contribution in [0.2, 0.25) is 0 Å². The Morgan fingerprint density at radius 3 is 2.34 bits per heavy atom. The first-order valence-corrected chi connectivity index (χ1v) is 15.1. The number of carbonyl (C=O) groups is 1. The second-order valence-electron chi connectivity index (χ2n) is 11.8. The van der Waals surface area contributed by atoms with E-state index in [2.05, 4.69) is 15.2 Å². The third-order valence-corrected chi connectivity index (χ3v) is 10.00. The molecule has 0 atom stereocenters. The van der Waals surface area contributed by atoms with Crippen LogP contribution in [-0.4, -0.2) is 77.0 Å². The molecule has 0 bridgehead atoms. The van der Waals surface area contributed by atoms with Crippen molar-refractivity contribution in [1.82, 2.24) is 25.0 Å². The first-order chi connectivity index (χ1) is 18.1. The highest BCUT2D eigenvalue weighted by Crippen LogP contribution is 2.56. The molecule has 4 aliphatic rings. The van der Waals surface area contributed by atoms with Crippen LogP contribution in [-0.2, 0) is 15.4 Å². The van der Waals surface area contributed by atoms with E-state index in [1.165, 1.54) is 11.8 Å². The van der Waals surface area contributed by atoms with Crippen molar-refractivity contribution >= 4 is 15.9 Å². The number of nitrogens with one attached hydrogen (secondary N) is 1. The van der Waals surface area contributed by atoms with Crippen molar-refractivity contribution in [2.45, 2.75) is 48.0 Å². The van der Waals surface area contributed by atoms with Crippen molar-refractivity contribution in [3.05, 3.63) is 65.7 Å². The monoisotopic (exact) mass is 533 g/mol. The summed E-state index contributed by atoms with van der Waals surface area (Å²) in [6.07, 6.45) is 4.70. The number of amides is 2. The number of likely N-dealkylation sites (tertiary alicyclic amines) is 2. The second kappa shape index (κ2) is 8.13. The van der Waals surface area contributed by atoms with Crippen LogP contribution < -0.4 is 0 Å². The molecule has 2 aliphatic carbocycles. The SMILES string of the molecule is CS(=O)(=O)c1ccccc1-c1ccc(C2CN(C(=O)N3CC4(CC(c5nc(C6(O)CC6)n[nH]5)C4)C3)C2)cc1. The summed E-state index contributed by atoms with van der Waals surface area (Å²) in [6.45, 7) is 2.99. The molecule has 7 rings (SSSR count). The molecule has 0 radical (unpaired) electrons. The Bertz CT molecular complexity index is 1510. The van der Waals surface area contributed by atoms with E-state index in [0.29, 0.717) is 41.2 Å². The van der Waals surface area contributed by atoms with Gasteiger partial charge in [-0.05, 0) is 42.9 Å². The van der Waals surface area contributed by atoms with E-state index in [0.717, 1.165) is 50.2 Å². The molecule has 2 N–H and O–H groups in total. The lowest BCUT2D eigenvalue weighted by Crippen LogP contribution is -2.67. The molecule has 0 unspecified atom stereocenters. The zero-order chi connectivity index (χ0) is 26.3. The molecule has 2 saturated carbocycles. The first kappa shape index (κ1) is 23.8. The fourth-order valence-corrected chi connectivity index (χ4v) is 7.26. The quantitative estimate of drug-likeness (QED) is 0.520. The summed E-state index contributed by atoms with van der Waals surface area (Å²) in [4.78, 5) is 21.7. The predicted molar refractivity (Wildman–Crippen MR) is 140 cm³/mol. The van der Waals surface area contributed by atoms with Crippen molar-refractivity contribution in [3.8, 4) is 11.1 Å². The molecule has 10 heteroatoms. The molecular weight excluding hydrogens is 502 g/mol. The van der Waals surface area contributed by atoms with Gasteiger partial charge in [-0.3, -0.25) is 5.10 Å². The smallest absolute Gasteiger partial charge is 0.320 e. The fourth-order valence-electron chi connectivity index (χ4n) is 6.35. The lowest BCUT2D eigenvalue weighted by Gasteiger charge is -2.59. The Morgan fingerprint density at radius 1 is 1.00 bits per heavy atom. The summed E-state index contributed by atoms with van der Waals surface area (Å²) in [5, 5.41) is 17.4. The van der Waals surface area contributed by atoms with Gasteiger partial charge in [-0.2, -0.15) is 5.10 Å². The molecule has 38 heavy (non-hydrogen) atoms. The maximum absolute atomic E-state index is 13.0. The fraction of sp³-hybridized carbons (Fsp3) is 0.464. The van der Waals surface area contributed by atoms with E-state index in [1.54, 1.807) is 12.1 Å². The molecule has 2 aromatic carbocycles. The number of aromatic nitrogens is 3. The second-order valence-corrected chi connectivity index (χ2v) is 13.8. The van der Waals surface area contributed by atoms with E-state index in [9.17, 15) is 18.3 Å². The molecule has 4 fully saturated rings. The predicted octanol–water partition coefficient (Wildman–Crippen LogP) is 3.26. The summed E-state index contributed by atoms with van der Waals surface area (Å²) in [7, 11) is -3.31. The van der Waals surface area contributed by atoms with Gasteiger partial charge in [0.1, 0.15) is 11.4 Å². The molecule has 9 nitrogen and oxygen atoms in total. The van der Waals surface area contributed by atoms with Crippen LogP contribution in [0, 0.1) is 5.41 Å². The number of carbonyl (C=O) groups excluding carboxylic acids is 1. The number of urea groups is 1. The van der Waals surface area contributed by atoms with Crippen molar-refractivity contribution in [1.29, 1.82) is 0 Å². The van der Waals surface area contributed by atoms with Gasteiger partial charge in [-0.15, -0.1) is 0 Å². The number of nitrogens with zero attached hydrogens (tertiary/aromatic N) is 4. The number of sulfone groups is 1. The number of rotatable bonds is 5. The highest BCUT2D eigenvalue weighted by atomic mass is 32.2. The minimum Gasteiger partial charge on any atom is -0.382 e. The zero-order valence-corrected chi connectivity index (χ0v) is 22.1. The Hall–Kier alpha value is -3.24. The average Bonchev–Trinajstić information content (AvgIpc) is 3.36. The number of hydrogen-bond acceptors (Lipinski definition) is 6. The van der Waals surface area contributed by atoms with Gasteiger partial charge in [-0.1, -0.05) is 42.5 Å². The molecule has 1 spiro atoms. The zero-order valence-electron chi connectivity index (χ0n) is 21.3. The van der Waals surface area contributed by atoms with Crippen molar-refractivity contribution in [3.63, 3.8) is 0 Å². The Balaban J connectivity index is 0.911. The Kier molecular flexibility index (Phi) is 5.10. The minimum absolute atomic E-state index is 0.118. The summed E-state index contributed by atoms with van der Waals surface area (Å²) in [6, 6.07) is 15.2. The van der Waals surface area contributed by atoms with E-state index in [4.69, 9.17) is 0 Å². The van der Waals surface area contributed by atoms with Crippen LogP contribution in [0.25, 0.3) is 11.1 Å². The Morgan fingerprint density at radius 2 is 1.68 bits per heavy atom. The van der Waals surface area contributed by atoms with E-state index in [1.807, 2.05) is 46.2 Å². The largest absolute Gasteiger partial charge is 0.382 e. The number of aliphatic hydroxyl groups is 1. The first-order valence-electron chi connectivity index (χ1n) is 13.2. The highest BCUT2D eigenvalue weighted by Gasteiger charge is 2.56. The van der Waals surface area contributed by atoms with Gasteiger partial charge < -0.3 is 14.9 Å². The lowest BCUT2D eigenvalue weighted by molar-refractivity contribution is -0.0602. The van der Waals surface area contributed by atoms with Gasteiger partial charge in [0.05, 0.1) is 4.90 Å². The third-order valence-electron chi connectivity index (χ3n) is 8.84. The molecule has 3 aromatic rings. The number of benzene rings is 2. The Labute approximate surface area is 221 Å². The van der Waals surface area contributed by atoms with E-state index < -0.39 is 15.4 Å². The van der Waals surface area contributed by atoms with Crippen LogP contribution in [0.5, 0.6) is 0 Å². The molecule has 2 amide bonds. The molecule has 1 aromatic heterocycles. The summed E-state index contributed by atoms with van der Waals surface area (Å²) in [5.41, 5.74) is 2.14. The highest BCUT2D eigenvalue weighted by molar-refractivity contribution is 7.90. The van der Waals surface area contributed by atoms with Gasteiger partial charge in [0.25, 0.3) is 0 Å². The minimum atomic E-state index is -3.31. The van der Waals surface area contributed by atoms with Gasteiger partial charge >= 0.3 is 6.03 Å². The molecule has 2 aliphatic heterocycles. The summed E-state index contributed by atoms with van der Waals surface area (Å²) in [5.74, 6) is 2.02. The van der Waals surface area contributed by atoms with Crippen LogP contribution in [0.1, 0.15) is 54.7 Å². The van der Waals surface area contributed by atoms with Gasteiger partial charge in [-0.25, -0.2) is 18.2 Å². The third kappa shape index (κ3) is 3.92. The normalized spacial score (nSPS) is 22.1. The maximum Gasteiger partial charge on any atom is 0.320 e. The number of hydrogen-bond donors (Lipinski definition) is 2. The van der Waals surface area contributed by atoms with Crippen LogP contribution in [0.4, 0.5) is 4.79 Å². The van der Waals surface area contributed by atoms with Crippen LogP contribution in [0.3, 0.4) is 0 Å². The lowest BCUT2D eigenvalue weighted by atomic mass is 9.57. The summed E-state index contributed by atoms with van der Waals surface area (Å²) >= 11 is 0. The van der Waals surface area contributed by atoms with E-state index in [-0.39, 0.29) is 11.4 Å². The van der Waals surface area contributed by atoms with Gasteiger partial charge in [0.2, 0.25) is 0 Å². The summed E-state index contributed by atoms with van der Waals surface area (Å²) < 4.78 is 24.3. The van der Waals surface area contributed by atoms with Crippen LogP contribution >= 0.6 is 0 Å². The number of aromatic amines is 1. The van der Waals surface area contributed by atoms with Gasteiger partial charge in [0.15, 0.2) is 15.7 Å². The number of H-pyrrole nitrogens is 1. The van der Waals surface area contributed by atoms with Crippen LogP contribution in [0.15, 0.2) is 53.4 Å². The molecule has 198 valence electrons. The topological polar surface area (TPSA) is 119 Å². The van der Waals surface area contributed by atoms with Crippen molar-refractivity contribution in [2.75, 3.05) is 32.4 Å². The molecule has 2 saturated heterocycles.